The van der Waals surface area contributed by atoms with Crippen molar-refractivity contribution in [1.82, 2.24) is 9.97 Å². The second-order valence-corrected chi connectivity index (χ2v) is 11.7. The molecule has 4 N–H and O–H groups in total. The molecule has 0 amide bonds. The molecule has 0 saturated carbocycles. The molecular formula is C40H38N2O8. The van der Waals surface area contributed by atoms with Crippen LogP contribution in [0.5, 0.6) is 17.5 Å². The Labute approximate surface area is 290 Å². The number of nitrogens with zero attached hydrogens (tertiary/aromatic N) is 2. The van der Waals surface area contributed by atoms with Crippen molar-refractivity contribution in [3.8, 4) is 17.5 Å². The van der Waals surface area contributed by atoms with Gasteiger partial charge in [-0.05, 0) is 64.7 Å². The van der Waals surface area contributed by atoms with Crippen molar-refractivity contribution in [2.75, 3.05) is 6.61 Å². The van der Waals surface area contributed by atoms with E-state index in [0.29, 0.717) is 24.6 Å². The summed E-state index contributed by atoms with van der Waals surface area (Å²) >= 11 is 0. The van der Waals surface area contributed by atoms with Crippen LogP contribution in [0.3, 0.4) is 0 Å². The molecule has 6 rings (SSSR count). The number of aliphatic hydroxyl groups is 4. The molecule has 1 aromatic heterocycles. The van der Waals surface area contributed by atoms with E-state index in [4.69, 9.17) is 18.9 Å². The first-order chi connectivity index (χ1) is 24.4. The van der Waals surface area contributed by atoms with E-state index in [0.717, 1.165) is 33.8 Å². The zero-order valence-electron chi connectivity index (χ0n) is 27.1. The van der Waals surface area contributed by atoms with Crippen LogP contribution in [0.25, 0.3) is 24.3 Å². The first kappa shape index (κ1) is 34.5. The van der Waals surface area contributed by atoms with Crippen LogP contribution in [0, 0.1) is 0 Å². The second-order valence-electron chi connectivity index (χ2n) is 11.7. The fourth-order valence-corrected chi connectivity index (χ4v) is 5.15. The number of rotatable bonds is 13. The Balaban J connectivity index is 1.18. The van der Waals surface area contributed by atoms with Gasteiger partial charge in [-0.25, -0.2) is 0 Å². The highest BCUT2D eigenvalue weighted by Crippen LogP contribution is 2.24. The van der Waals surface area contributed by atoms with E-state index in [1.807, 2.05) is 121 Å². The topological polar surface area (TPSA) is 144 Å². The van der Waals surface area contributed by atoms with Gasteiger partial charge < -0.3 is 39.4 Å². The van der Waals surface area contributed by atoms with Crippen LogP contribution in [-0.2, 0) is 18.0 Å². The monoisotopic (exact) mass is 674 g/mol. The van der Waals surface area contributed by atoms with Crippen molar-refractivity contribution in [1.29, 1.82) is 0 Å². The normalized spacial score (nSPS) is 20.6. The molecule has 0 unspecified atom stereocenters. The maximum atomic E-state index is 10.5. The van der Waals surface area contributed by atoms with Crippen LogP contribution in [0.1, 0.15) is 33.6 Å². The summed E-state index contributed by atoms with van der Waals surface area (Å²) in [6, 6.07) is 36.8. The van der Waals surface area contributed by atoms with Gasteiger partial charge in [0, 0.05) is 0 Å². The summed E-state index contributed by atoms with van der Waals surface area (Å²) in [6.07, 6.45) is 0.0240. The number of hydrogen-bond donors (Lipinski definition) is 4. The zero-order chi connectivity index (χ0) is 34.7. The Morgan fingerprint density at radius 1 is 0.580 bits per heavy atom. The number of ether oxygens (including phenoxy) is 4. The van der Waals surface area contributed by atoms with Gasteiger partial charge in [-0.1, -0.05) is 97.1 Å². The summed E-state index contributed by atoms with van der Waals surface area (Å²) in [5.74, 6) is 1.48. The van der Waals surface area contributed by atoms with Gasteiger partial charge in [0.15, 0.2) is 0 Å². The Morgan fingerprint density at radius 2 is 1.06 bits per heavy atom. The molecule has 0 aliphatic carbocycles. The Morgan fingerprint density at radius 3 is 1.52 bits per heavy atom. The molecule has 256 valence electrons. The third-order valence-electron chi connectivity index (χ3n) is 7.97. The number of hydrogen-bond acceptors (Lipinski definition) is 10. The van der Waals surface area contributed by atoms with Gasteiger partial charge in [0.2, 0.25) is 6.29 Å². The maximum Gasteiger partial charge on any atom is 0.319 e. The van der Waals surface area contributed by atoms with Crippen LogP contribution in [0.15, 0.2) is 115 Å². The van der Waals surface area contributed by atoms with Crippen molar-refractivity contribution < 1.29 is 39.4 Å². The summed E-state index contributed by atoms with van der Waals surface area (Å²) in [7, 11) is 0. The first-order valence-electron chi connectivity index (χ1n) is 16.2. The van der Waals surface area contributed by atoms with E-state index in [9.17, 15) is 20.4 Å². The van der Waals surface area contributed by atoms with Crippen LogP contribution in [0.2, 0.25) is 0 Å². The largest absolute Gasteiger partial charge is 0.489 e. The molecule has 1 aliphatic heterocycles. The Kier molecular flexibility index (Phi) is 11.6. The molecule has 0 spiro atoms. The zero-order valence-corrected chi connectivity index (χ0v) is 27.1. The van der Waals surface area contributed by atoms with E-state index in [-0.39, 0.29) is 6.01 Å². The summed E-state index contributed by atoms with van der Waals surface area (Å²) in [5.41, 5.74) is 4.95. The van der Waals surface area contributed by atoms with Crippen molar-refractivity contribution in [3.05, 3.63) is 149 Å². The van der Waals surface area contributed by atoms with Crippen LogP contribution >= 0.6 is 0 Å². The summed E-state index contributed by atoms with van der Waals surface area (Å²) in [6.45, 7) is 0.349. The van der Waals surface area contributed by atoms with Crippen molar-refractivity contribution in [2.45, 2.75) is 43.9 Å². The highest BCUT2D eigenvalue weighted by atomic mass is 16.7. The number of aliphatic hydroxyl groups excluding tert-OH is 4. The van der Waals surface area contributed by atoms with E-state index >= 15 is 0 Å². The first-order valence-corrected chi connectivity index (χ1v) is 16.2. The van der Waals surface area contributed by atoms with Gasteiger partial charge >= 0.3 is 6.01 Å². The number of aromatic nitrogens is 2. The van der Waals surface area contributed by atoms with Gasteiger partial charge in [0.25, 0.3) is 0 Å². The lowest BCUT2D eigenvalue weighted by Gasteiger charge is -2.39. The minimum Gasteiger partial charge on any atom is -0.489 e. The van der Waals surface area contributed by atoms with E-state index in [1.165, 1.54) is 0 Å². The van der Waals surface area contributed by atoms with Crippen molar-refractivity contribution in [3.63, 3.8) is 0 Å². The van der Waals surface area contributed by atoms with Gasteiger partial charge in [0.1, 0.15) is 49.1 Å². The molecule has 2 heterocycles. The molecule has 10 heteroatoms. The van der Waals surface area contributed by atoms with Crippen molar-refractivity contribution in [2.24, 2.45) is 0 Å². The van der Waals surface area contributed by atoms with Crippen LogP contribution < -0.4 is 14.2 Å². The van der Waals surface area contributed by atoms with Crippen LogP contribution in [-0.4, -0.2) is 67.7 Å². The lowest BCUT2D eigenvalue weighted by molar-refractivity contribution is -0.278. The molecule has 10 nitrogen and oxygen atoms in total. The predicted molar refractivity (Wildman–Crippen MR) is 189 cm³/mol. The molecule has 1 fully saturated rings. The van der Waals surface area contributed by atoms with Gasteiger partial charge in [-0.3, -0.25) is 0 Å². The van der Waals surface area contributed by atoms with E-state index in [2.05, 4.69) is 9.97 Å². The Hall–Kier alpha value is -5.36. The molecular weight excluding hydrogens is 636 g/mol. The lowest BCUT2D eigenvalue weighted by atomic mass is 9.99. The van der Waals surface area contributed by atoms with Gasteiger partial charge in [-0.2, -0.15) is 9.97 Å². The van der Waals surface area contributed by atoms with Gasteiger partial charge in [0.05, 0.1) is 18.0 Å². The number of benzene rings is 4. The third kappa shape index (κ3) is 9.41. The average Bonchev–Trinajstić information content (AvgIpc) is 3.16. The molecule has 4 aromatic carbocycles. The molecule has 5 atom stereocenters. The fraction of sp³-hybridized carbons (Fsp3) is 0.200. The van der Waals surface area contributed by atoms with Crippen LogP contribution in [0.4, 0.5) is 0 Å². The van der Waals surface area contributed by atoms with Crippen molar-refractivity contribution >= 4 is 24.3 Å². The quantitative estimate of drug-likeness (QED) is 0.132. The molecule has 0 radical (unpaired) electrons. The molecule has 5 aromatic rings. The summed E-state index contributed by atoms with van der Waals surface area (Å²) in [5, 5.41) is 40.5. The van der Waals surface area contributed by atoms with Gasteiger partial charge in [-0.15, -0.1) is 0 Å². The summed E-state index contributed by atoms with van der Waals surface area (Å²) in [4.78, 5) is 8.94. The smallest absolute Gasteiger partial charge is 0.319 e. The highest BCUT2D eigenvalue weighted by molar-refractivity contribution is 5.72. The fourth-order valence-electron chi connectivity index (χ4n) is 5.15. The average molecular weight is 675 g/mol. The third-order valence-corrected chi connectivity index (χ3v) is 7.97. The summed E-state index contributed by atoms with van der Waals surface area (Å²) < 4.78 is 23.1. The second kappa shape index (κ2) is 16.8. The minimum absolute atomic E-state index is 0.134. The molecule has 1 aliphatic rings. The SMILES string of the molecule is OC[C@H]1O[C@@H](Oc2nc(/C=C/c3ccc(OCc4ccccc4)cc3)cc(/C=C/c3ccc(OCc4ccccc4)cc3)n2)[C@H](O)[C@@H](O)[C@@H]1O. The highest BCUT2D eigenvalue weighted by Gasteiger charge is 2.45. The Bertz CT molecular complexity index is 1730. The minimum atomic E-state index is -1.61. The maximum absolute atomic E-state index is 10.5. The van der Waals surface area contributed by atoms with E-state index in [1.54, 1.807) is 18.2 Å². The lowest BCUT2D eigenvalue weighted by Crippen LogP contribution is -2.60. The standard InChI is InChI=1S/C40H38N2O8/c43-24-35-36(44)37(45)38(46)39(49-35)50-40-41-31(17-11-27-13-19-33(20-14-27)47-25-29-7-3-1-4-8-29)23-32(42-40)18-12-28-15-21-34(22-16-28)48-26-30-9-5-2-6-10-30/h1-23,35-39,43-46H,24-26H2/b17-11+,18-12+/t35-,36-,37+,38-,39+/m1/s1. The molecule has 50 heavy (non-hydrogen) atoms. The predicted octanol–water partition coefficient (Wildman–Crippen LogP) is 5.15. The molecule has 1 saturated heterocycles. The molecule has 0 bridgehead atoms. The van der Waals surface area contributed by atoms with E-state index < -0.39 is 37.3 Å².